The largest absolute Gasteiger partial charge is 0.469 e. The number of aryl methyl sites for hydroxylation is 1. The van der Waals surface area contributed by atoms with E-state index < -0.39 is 5.41 Å². The van der Waals surface area contributed by atoms with E-state index in [-0.39, 0.29) is 41.3 Å². The first-order chi connectivity index (χ1) is 12.5. The quantitative estimate of drug-likeness (QED) is 0.763. The van der Waals surface area contributed by atoms with Crippen LogP contribution in [-0.4, -0.2) is 18.9 Å². The number of nitriles is 1. The number of ketones is 1. The normalized spacial score (nSPS) is 37.7. The number of ether oxygens (including phenoxy) is 1. The molecule has 6 atom stereocenters. The lowest BCUT2D eigenvalue weighted by molar-refractivity contribution is -0.152. The van der Waals surface area contributed by atoms with Crippen molar-refractivity contribution in [2.45, 2.75) is 44.9 Å². The van der Waals surface area contributed by atoms with Crippen molar-refractivity contribution in [2.24, 2.45) is 29.1 Å². The second-order valence-corrected chi connectivity index (χ2v) is 8.26. The third-order valence-corrected chi connectivity index (χ3v) is 7.38. The van der Waals surface area contributed by atoms with Gasteiger partial charge in [0.15, 0.2) is 0 Å². The topological polar surface area (TPSA) is 67.2 Å². The number of methoxy groups -OCH3 is 1. The second kappa shape index (κ2) is 6.23. The highest BCUT2D eigenvalue weighted by molar-refractivity contribution is 5.81. The molecule has 26 heavy (non-hydrogen) atoms. The molecule has 4 rings (SSSR count). The molecule has 3 aliphatic rings. The van der Waals surface area contributed by atoms with Crippen LogP contribution in [0.2, 0.25) is 0 Å². The Labute approximate surface area is 154 Å². The van der Waals surface area contributed by atoms with Crippen molar-refractivity contribution >= 4 is 11.8 Å². The summed E-state index contributed by atoms with van der Waals surface area (Å²) in [6.45, 7) is 1.60. The number of hydrogen-bond donors (Lipinski definition) is 0. The maximum Gasteiger partial charge on any atom is 0.309 e. The first-order valence-electron chi connectivity index (χ1n) is 9.61. The van der Waals surface area contributed by atoms with Crippen LogP contribution in [0, 0.1) is 40.4 Å². The smallest absolute Gasteiger partial charge is 0.309 e. The molecule has 0 aromatic heterocycles. The van der Waals surface area contributed by atoms with Gasteiger partial charge in [0.05, 0.1) is 24.5 Å². The van der Waals surface area contributed by atoms with Crippen molar-refractivity contribution < 1.29 is 14.3 Å². The Bertz CT molecular complexity index is 795. The Balaban J connectivity index is 1.85. The molecule has 0 amide bonds. The summed E-state index contributed by atoms with van der Waals surface area (Å²) in [6, 6.07) is 10.9. The van der Waals surface area contributed by atoms with Crippen LogP contribution >= 0.6 is 0 Å². The summed E-state index contributed by atoms with van der Waals surface area (Å²) < 4.78 is 5.15. The van der Waals surface area contributed by atoms with E-state index in [4.69, 9.17) is 4.74 Å². The SMILES string of the molecule is COC(=O)[C@@H]1C[C@@]2(C#N)[C@@H](C(C)=O)CC[C@H]2[C@@H]2CCc3ccccc3[C@H]21. The van der Waals surface area contributed by atoms with Gasteiger partial charge in [0.2, 0.25) is 0 Å². The van der Waals surface area contributed by atoms with Crippen LogP contribution in [0.5, 0.6) is 0 Å². The van der Waals surface area contributed by atoms with Crippen LogP contribution in [-0.2, 0) is 20.7 Å². The Hall–Kier alpha value is -2.15. The number of esters is 1. The van der Waals surface area contributed by atoms with Gasteiger partial charge in [-0.05, 0) is 62.0 Å². The molecule has 0 radical (unpaired) electrons. The summed E-state index contributed by atoms with van der Waals surface area (Å²) in [5, 5.41) is 10.2. The summed E-state index contributed by atoms with van der Waals surface area (Å²) in [5.41, 5.74) is 1.85. The van der Waals surface area contributed by atoms with Gasteiger partial charge in [-0.3, -0.25) is 9.59 Å². The van der Waals surface area contributed by atoms with E-state index in [1.807, 2.05) is 6.07 Å². The molecule has 136 valence electrons. The number of fused-ring (bicyclic) bond motifs is 5. The van der Waals surface area contributed by atoms with E-state index in [2.05, 4.69) is 24.3 Å². The minimum atomic E-state index is -0.710. The molecule has 1 aromatic carbocycles. The molecule has 0 N–H and O–H groups in total. The van der Waals surface area contributed by atoms with Crippen LogP contribution in [0.25, 0.3) is 0 Å². The lowest BCUT2D eigenvalue weighted by atomic mass is 9.50. The van der Waals surface area contributed by atoms with Crippen molar-refractivity contribution in [1.29, 1.82) is 5.26 Å². The summed E-state index contributed by atoms with van der Waals surface area (Å²) in [6.07, 6.45) is 4.09. The highest BCUT2D eigenvalue weighted by Crippen LogP contribution is 2.64. The minimum Gasteiger partial charge on any atom is -0.469 e. The van der Waals surface area contributed by atoms with Gasteiger partial charge >= 0.3 is 5.97 Å². The predicted octanol–water partition coefficient (Wildman–Crippen LogP) is 3.65. The first-order valence-corrected chi connectivity index (χ1v) is 9.61. The van der Waals surface area contributed by atoms with Gasteiger partial charge in [-0.2, -0.15) is 5.26 Å². The molecule has 0 aliphatic heterocycles. The van der Waals surface area contributed by atoms with Crippen molar-refractivity contribution in [1.82, 2.24) is 0 Å². The first kappa shape index (κ1) is 17.3. The van der Waals surface area contributed by atoms with Crippen molar-refractivity contribution in [3.63, 3.8) is 0 Å². The summed E-state index contributed by atoms with van der Waals surface area (Å²) in [7, 11) is 1.42. The van der Waals surface area contributed by atoms with E-state index in [9.17, 15) is 14.9 Å². The number of hydrogen-bond acceptors (Lipinski definition) is 4. The average Bonchev–Trinajstić information content (AvgIpc) is 3.06. The number of carbonyl (C=O) groups excluding carboxylic acids is 2. The molecular weight excluding hydrogens is 326 g/mol. The summed E-state index contributed by atoms with van der Waals surface area (Å²) >= 11 is 0. The molecule has 0 unspecified atom stereocenters. The third kappa shape index (κ3) is 2.26. The average molecular weight is 351 g/mol. The molecule has 0 saturated heterocycles. The van der Waals surface area contributed by atoms with Crippen LogP contribution in [0.4, 0.5) is 0 Å². The Morgan fingerprint density at radius 1 is 1.23 bits per heavy atom. The standard InChI is InChI=1S/C22H25NO3/c1-13(24)18-9-10-19-16-8-7-14-5-3-4-6-15(14)20(16)17(21(25)26-2)11-22(18,19)12-23/h3-6,16-20H,7-11H2,1-2H3/t16-,17+,18+,19-,20+,22+/m0/s1. The van der Waals surface area contributed by atoms with Crippen LogP contribution in [0.15, 0.2) is 24.3 Å². The number of rotatable bonds is 2. The van der Waals surface area contributed by atoms with Crippen LogP contribution in [0.1, 0.15) is 49.7 Å². The second-order valence-electron chi connectivity index (χ2n) is 8.26. The minimum absolute atomic E-state index is 0.0901. The fourth-order valence-electron chi connectivity index (χ4n) is 6.44. The molecule has 4 heteroatoms. The van der Waals surface area contributed by atoms with Crippen molar-refractivity contribution in [3.05, 3.63) is 35.4 Å². The van der Waals surface area contributed by atoms with E-state index in [1.165, 1.54) is 18.2 Å². The van der Waals surface area contributed by atoms with Crippen LogP contribution in [0.3, 0.4) is 0 Å². The van der Waals surface area contributed by atoms with Crippen LogP contribution < -0.4 is 0 Å². The molecule has 0 spiro atoms. The number of nitrogens with zero attached hydrogens (tertiary/aromatic N) is 1. The zero-order chi connectivity index (χ0) is 18.5. The van der Waals surface area contributed by atoms with Gasteiger partial charge in [0.25, 0.3) is 0 Å². The monoisotopic (exact) mass is 351 g/mol. The third-order valence-electron chi connectivity index (χ3n) is 7.38. The molecule has 3 aliphatic carbocycles. The predicted molar refractivity (Wildman–Crippen MR) is 96.1 cm³/mol. The lowest BCUT2D eigenvalue weighted by Gasteiger charge is -2.51. The summed E-state index contributed by atoms with van der Waals surface area (Å²) in [4.78, 5) is 25.0. The number of Topliss-reactive ketones (excluding diaryl/α,β-unsaturated/α-hetero) is 1. The maximum absolute atomic E-state index is 12.7. The van der Waals surface area contributed by atoms with E-state index >= 15 is 0 Å². The van der Waals surface area contributed by atoms with Gasteiger partial charge in [-0.1, -0.05) is 24.3 Å². The number of benzene rings is 1. The van der Waals surface area contributed by atoms with E-state index in [0.29, 0.717) is 6.42 Å². The molecule has 2 fully saturated rings. The zero-order valence-corrected chi connectivity index (χ0v) is 15.4. The Morgan fingerprint density at radius 3 is 2.69 bits per heavy atom. The molecule has 4 nitrogen and oxygen atoms in total. The molecule has 2 saturated carbocycles. The molecular formula is C22H25NO3. The maximum atomic E-state index is 12.7. The molecule has 0 heterocycles. The van der Waals surface area contributed by atoms with Crippen molar-refractivity contribution in [2.75, 3.05) is 7.11 Å². The van der Waals surface area contributed by atoms with Crippen molar-refractivity contribution in [3.8, 4) is 6.07 Å². The number of carbonyl (C=O) groups is 2. The Morgan fingerprint density at radius 2 is 2.00 bits per heavy atom. The molecule has 0 bridgehead atoms. The summed E-state index contributed by atoms with van der Waals surface area (Å²) in [5.74, 6) is -0.173. The van der Waals surface area contributed by atoms with E-state index in [0.717, 1.165) is 25.7 Å². The highest BCUT2D eigenvalue weighted by atomic mass is 16.5. The molecule has 1 aromatic rings. The Kier molecular flexibility index (Phi) is 4.14. The van der Waals surface area contributed by atoms with Gasteiger partial charge in [0, 0.05) is 11.8 Å². The fourth-order valence-corrected chi connectivity index (χ4v) is 6.44. The van der Waals surface area contributed by atoms with E-state index in [1.54, 1.807) is 6.92 Å². The van der Waals surface area contributed by atoms with Gasteiger partial charge in [0.1, 0.15) is 5.78 Å². The van der Waals surface area contributed by atoms with Gasteiger partial charge in [-0.15, -0.1) is 0 Å². The lowest BCUT2D eigenvalue weighted by Crippen LogP contribution is -2.50. The van der Waals surface area contributed by atoms with Gasteiger partial charge < -0.3 is 4.74 Å². The fraction of sp³-hybridized carbons (Fsp3) is 0.591. The zero-order valence-electron chi connectivity index (χ0n) is 15.4. The van der Waals surface area contributed by atoms with Gasteiger partial charge in [-0.25, -0.2) is 0 Å². The highest BCUT2D eigenvalue weighted by Gasteiger charge is 2.63.